The van der Waals surface area contributed by atoms with Crippen molar-refractivity contribution in [2.24, 2.45) is 0 Å². The van der Waals surface area contributed by atoms with Gasteiger partial charge in [-0.25, -0.2) is 4.68 Å². The topological polar surface area (TPSA) is 64.9 Å². The molecule has 0 spiro atoms. The molecule has 0 radical (unpaired) electrons. The van der Waals surface area contributed by atoms with Gasteiger partial charge in [0.1, 0.15) is 5.75 Å². The van der Waals surface area contributed by atoms with Gasteiger partial charge in [-0.15, -0.1) is 6.58 Å². The fourth-order valence-electron chi connectivity index (χ4n) is 1.73. The second-order valence-electron chi connectivity index (χ2n) is 4.01. The summed E-state index contributed by atoms with van der Waals surface area (Å²) in [7, 11) is 0. The summed E-state index contributed by atoms with van der Waals surface area (Å²) in [6.45, 7) is 7.40. The van der Waals surface area contributed by atoms with Crippen LogP contribution in [0.2, 0.25) is 0 Å². The normalized spacial score (nSPS) is 10.3. The first-order chi connectivity index (χ1) is 9.74. The molecule has 0 amide bonds. The Morgan fingerprint density at radius 2 is 2.35 bits per heavy atom. The average molecular weight is 338 g/mol. The Morgan fingerprint density at radius 1 is 1.50 bits per heavy atom. The highest BCUT2D eigenvalue weighted by atomic mass is 79.9. The minimum absolute atomic E-state index is 0.562. The first-order valence-corrected chi connectivity index (χ1v) is 7.06. The molecule has 106 valence electrons. The number of nitrogens with one attached hydrogen (secondary N) is 1. The highest BCUT2D eigenvalue weighted by Crippen LogP contribution is 2.24. The van der Waals surface area contributed by atoms with E-state index in [-0.39, 0.29) is 0 Å². The average Bonchev–Trinajstić information content (AvgIpc) is 2.87. The number of nitrogens with zero attached hydrogens (tertiary/aromatic N) is 4. The quantitative estimate of drug-likeness (QED) is 0.787. The van der Waals surface area contributed by atoms with Gasteiger partial charge in [-0.3, -0.25) is 0 Å². The lowest BCUT2D eigenvalue weighted by atomic mass is 10.2. The van der Waals surface area contributed by atoms with Gasteiger partial charge >= 0.3 is 0 Å². The lowest BCUT2D eigenvalue weighted by Crippen LogP contribution is -2.09. The Hall–Kier alpha value is -1.89. The van der Waals surface area contributed by atoms with Gasteiger partial charge in [0.05, 0.1) is 13.2 Å². The van der Waals surface area contributed by atoms with Gasteiger partial charge in [-0.2, -0.15) is 0 Å². The van der Waals surface area contributed by atoms with Crippen molar-refractivity contribution in [2.75, 3.05) is 11.9 Å². The Labute approximate surface area is 126 Å². The van der Waals surface area contributed by atoms with Crippen LogP contribution in [-0.4, -0.2) is 26.8 Å². The molecule has 2 rings (SSSR count). The summed E-state index contributed by atoms with van der Waals surface area (Å²) >= 11 is 3.46. The van der Waals surface area contributed by atoms with Crippen LogP contribution in [0.5, 0.6) is 5.75 Å². The maximum atomic E-state index is 5.60. The minimum atomic E-state index is 0.562. The van der Waals surface area contributed by atoms with E-state index in [9.17, 15) is 0 Å². The summed E-state index contributed by atoms with van der Waals surface area (Å²) < 4.78 is 8.25. The maximum absolute atomic E-state index is 5.60. The van der Waals surface area contributed by atoms with E-state index in [1.54, 1.807) is 10.8 Å². The lowest BCUT2D eigenvalue weighted by Gasteiger charge is -2.11. The largest absolute Gasteiger partial charge is 0.494 e. The molecule has 1 N–H and O–H groups in total. The first kappa shape index (κ1) is 14.5. The van der Waals surface area contributed by atoms with Gasteiger partial charge in [-0.1, -0.05) is 27.1 Å². The number of hydrogen-bond acceptors (Lipinski definition) is 5. The maximum Gasteiger partial charge on any atom is 0.243 e. The van der Waals surface area contributed by atoms with Gasteiger partial charge in [0.2, 0.25) is 5.95 Å². The molecule has 6 nitrogen and oxygen atoms in total. The van der Waals surface area contributed by atoms with Crippen molar-refractivity contribution in [2.45, 2.75) is 20.0 Å². The van der Waals surface area contributed by atoms with Crippen molar-refractivity contribution < 1.29 is 4.74 Å². The van der Waals surface area contributed by atoms with Crippen LogP contribution in [0.25, 0.3) is 0 Å². The van der Waals surface area contributed by atoms with Crippen LogP contribution in [0, 0.1) is 0 Å². The molecule has 0 saturated carbocycles. The van der Waals surface area contributed by atoms with Gasteiger partial charge in [0.15, 0.2) is 0 Å². The molecule has 0 unspecified atom stereocenters. The van der Waals surface area contributed by atoms with Gasteiger partial charge in [0, 0.05) is 16.6 Å². The predicted molar refractivity (Wildman–Crippen MR) is 80.7 cm³/mol. The highest BCUT2D eigenvalue weighted by Gasteiger charge is 2.08. The molecule has 20 heavy (non-hydrogen) atoms. The molecule has 0 saturated heterocycles. The number of hydrogen-bond donors (Lipinski definition) is 1. The zero-order valence-electron chi connectivity index (χ0n) is 11.2. The molecule has 1 heterocycles. The number of aromatic nitrogens is 4. The third kappa shape index (κ3) is 3.57. The van der Waals surface area contributed by atoms with Crippen LogP contribution in [0.3, 0.4) is 0 Å². The van der Waals surface area contributed by atoms with E-state index in [1.165, 1.54) is 0 Å². The Kier molecular flexibility index (Phi) is 5.11. The van der Waals surface area contributed by atoms with E-state index in [1.807, 2.05) is 25.1 Å². The summed E-state index contributed by atoms with van der Waals surface area (Å²) in [6, 6.07) is 5.91. The zero-order chi connectivity index (χ0) is 14.4. The van der Waals surface area contributed by atoms with E-state index in [0.29, 0.717) is 25.6 Å². The van der Waals surface area contributed by atoms with Crippen LogP contribution in [0.15, 0.2) is 35.3 Å². The number of ether oxygens (including phenoxy) is 1. The SMILES string of the molecule is C=CCn1nnnc1NCc1cc(Br)ccc1OCC. The summed E-state index contributed by atoms with van der Waals surface area (Å²) in [6.07, 6.45) is 1.74. The van der Waals surface area contributed by atoms with Crippen molar-refractivity contribution >= 4 is 21.9 Å². The molecule has 0 aliphatic heterocycles. The summed E-state index contributed by atoms with van der Waals surface area (Å²) in [4.78, 5) is 0. The predicted octanol–water partition coefficient (Wildman–Crippen LogP) is 2.63. The molecule has 7 heteroatoms. The van der Waals surface area contributed by atoms with E-state index in [0.717, 1.165) is 15.8 Å². The summed E-state index contributed by atoms with van der Waals surface area (Å²) in [5, 5.41) is 14.7. The summed E-state index contributed by atoms with van der Waals surface area (Å²) in [5.74, 6) is 1.46. The Morgan fingerprint density at radius 3 is 3.10 bits per heavy atom. The monoisotopic (exact) mass is 337 g/mol. The molecular weight excluding hydrogens is 322 g/mol. The van der Waals surface area contributed by atoms with E-state index in [4.69, 9.17) is 4.74 Å². The molecule has 0 atom stereocenters. The lowest BCUT2D eigenvalue weighted by molar-refractivity contribution is 0.337. The fourth-order valence-corrected chi connectivity index (χ4v) is 2.14. The molecular formula is C13H16BrN5O. The van der Waals surface area contributed by atoms with Crippen LogP contribution < -0.4 is 10.1 Å². The highest BCUT2D eigenvalue weighted by molar-refractivity contribution is 9.10. The molecule has 2 aromatic rings. The number of rotatable bonds is 7. The zero-order valence-corrected chi connectivity index (χ0v) is 12.8. The third-order valence-corrected chi connectivity index (χ3v) is 3.09. The third-order valence-electron chi connectivity index (χ3n) is 2.59. The van der Waals surface area contributed by atoms with E-state index < -0.39 is 0 Å². The number of tetrazole rings is 1. The minimum Gasteiger partial charge on any atom is -0.494 e. The van der Waals surface area contributed by atoms with E-state index in [2.05, 4.69) is 43.4 Å². The Balaban J connectivity index is 2.11. The second kappa shape index (κ2) is 7.04. The number of halogens is 1. The molecule has 0 bridgehead atoms. The molecule has 1 aromatic carbocycles. The van der Waals surface area contributed by atoms with Crippen LogP contribution >= 0.6 is 15.9 Å². The molecule has 0 fully saturated rings. The van der Waals surface area contributed by atoms with Crippen molar-refractivity contribution in [3.05, 3.63) is 40.9 Å². The van der Waals surface area contributed by atoms with Crippen LogP contribution in [0.1, 0.15) is 12.5 Å². The van der Waals surface area contributed by atoms with Gasteiger partial charge in [0.25, 0.3) is 0 Å². The van der Waals surface area contributed by atoms with Crippen molar-refractivity contribution in [1.82, 2.24) is 20.2 Å². The second-order valence-corrected chi connectivity index (χ2v) is 4.93. The van der Waals surface area contributed by atoms with Gasteiger partial charge < -0.3 is 10.1 Å². The fraction of sp³-hybridized carbons (Fsp3) is 0.308. The first-order valence-electron chi connectivity index (χ1n) is 6.26. The van der Waals surface area contributed by atoms with Gasteiger partial charge in [-0.05, 0) is 35.5 Å². The van der Waals surface area contributed by atoms with Crippen LogP contribution in [-0.2, 0) is 13.1 Å². The number of allylic oxidation sites excluding steroid dienone is 1. The summed E-state index contributed by atoms with van der Waals surface area (Å²) in [5.41, 5.74) is 1.04. The molecule has 0 aliphatic rings. The van der Waals surface area contributed by atoms with Crippen molar-refractivity contribution in [3.63, 3.8) is 0 Å². The molecule has 1 aromatic heterocycles. The van der Waals surface area contributed by atoms with Crippen molar-refractivity contribution in [1.29, 1.82) is 0 Å². The smallest absolute Gasteiger partial charge is 0.243 e. The van der Waals surface area contributed by atoms with E-state index >= 15 is 0 Å². The Bertz CT molecular complexity index is 584. The standard InChI is InChI=1S/C13H16BrN5O/c1-3-7-19-13(16-17-18-19)15-9-10-8-11(14)5-6-12(10)20-4-2/h3,5-6,8H,1,4,7,9H2,2H3,(H,15,16,18). The number of anilines is 1. The van der Waals surface area contributed by atoms with Crippen LogP contribution in [0.4, 0.5) is 5.95 Å². The molecule has 0 aliphatic carbocycles. The number of benzene rings is 1. The van der Waals surface area contributed by atoms with Crippen molar-refractivity contribution in [3.8, 4) is 5.75 Å².